The zero-order chi connectivity index (χ0) is 38.8. The molecule has 0 aromatic rings. The van der Waals surface area contributed by atoms with Crippen LogP contribution in [0.2, 0.25) is 0 Å². The summed E-state index contributed by atoms with van der Waals surface area (Å²) in [7, 11) is 0. The number of carbonyl (C=O) groups is 5. The highest BCUT2D eigenvalue weighted by Crippen LogP contribution is 2.58. The first-order valence-electron chi connectivity index (χ1n) is 19.0. The van der Waals surface area contributed by atoms with Crippen molar-refractivity contribution in [2.45, 2.75) is 129 Å². The molecule has 1 fully saturated rings. The lowest BCUT2D eigenvalue weighted by atomic mass is 9.86. The Kier molecular flexibility index (Phi) is 26.0. The van der Waals surface area contributed by atoms with Crippen molar-refractivity contribution in [2.24, 2.45) is 5.92 Å². The SMILES string of the molecule is CCCOCCNC(=O)CCC(NC(=O)CCC(NC(=O)[C@H]1CC[C@@H](OP(=O)(S)C(C)C)CC1)C(=O)NCCOCCC)C(=O)NCCOCCC. The largest absolute Gasteiger partial charge is 0.380 e. The van der Waals surface area contributed by atoms with E-state index < -0.39 is 36.4 Å². The summed E-state index contributed by atoms with van der Waals surface area (Å²) in [4.78, 5) is 65.3. The first-order valence-corrected chi connectivity index (χ1v) is 21.8. The Morgan fingerprint density at radius 1 is 0.654 bits per heavy atom. The van der Waals surface area contributed by atoms with Crippen LogP contribution in [-0.4, -0.2) is 113 Å². The number of ether oxygens (including phenoxy) is 3. The fourth-order valence-electron chi connectivity index (χ4n) is 5.24. The maximum atomic E-state index is 13.3. The molecule has 1 aliphatic rings. The van der Waals surface area contributed by atoms with Gasteiger partial charge in [0.15, 0.2) is 0 Å². The van der Waals surface area contributed by atoms with E-state index in [4.69, 9.17) is 18.7 Å². The molecule has 17 heteroatoms. The van der Waals surface area contributed by atoms with E-state index in [-0.39, 0.29) is 68.3 Å². The van der Waals surface area contributed by atoms with Crippen LogP contribution in [-0.2, 0) is 47.3 Å². The average molecular weight is 780 g/mol. The molecule has 302 valence electrons. The van der Waals surface area contributed by atoms with Gasteiger partial charge in [0.1, 0.15) is 12.1 Å². The Morgan fingerprint density at radius 2 is 1.10 bits per heavy atom. The third kappa shape index (κ3) is 21.5. The molecule has 0 radical (unpaired) electrons. The summed E-state index contributed by atoms with van der Waals surface area (Å²) in [5.41, 5.74) is -0.226. The molecule has 0 heterocycles. The highest BCUT2D eigenvalue weighted by molar-refractivity contribution is 8.46. The predicted molar refractivity (Wildman–Crippen MR) is 203 cm³/mol. The fourth-order valence-corrected chi connectivity index (χ4v) is 6.52. The molecule has 1 aliphatic carbocycles. The van der Waals surface area contributed by atoms with Crippen molar-refractivity contribution in [3.63, 3.8) is 0 Å². The first-order chi connectivity index (χ1) is 24.8. The van der Waals surface area contributed by atoms with E-state index in [1.165, 1.54) is 0 Å². The van der Waals surface area contributed by atoms with Crippen molar-refractivity contribution in [1.82, 2.24) is 26.6 Å². The number of thiol groups is 1. The standard InChI is InChI=1S/C35H66N5O10PS/c1-6-20-47-23-17-36-31(41)15-13-29(34(44)37-18-24-48-21-7-2)39-32(42)16-14-30(35(45)38-19-25-49-22-8-3)40-33(43)27-9-11-28(12-10-27)50-51(46,52)26(4)5/h26-30H,6-25H2,1-5H3,(H,36,41)(H,37,44)(H,38,45)(H,39,42)(H,40,43)(H,46,52)/t27-,28+,29?,30?,51?. The summed E-state index contributed by atoms with van der Waals surface area (Å²) in [6, 6.07) is -2.01. The maximum absolute atomic E-state index is 13.3. The minimum atomic E-state index is -3.06. The van der Waals surface area contributed by atoms with Crippen LogP contribution < -0.4 is 26.6 Å². The van der Waals surface area contributed by atoms with Crippen molar-refractivity contribution < 1.29 is 47.3 Å². The summed E-state index contributed by atoms with van der Waals surface area (Å²) >= 11 is 4.23. The van der Waals surface area contributed by atoms with Crippen LogP contribution in [0, 0.1) is 5.92 Å². The van der Waals surface area contributed by atoms with Gasteiger partial charge in [0.25, 0.3) is 6.57 Å². The second-order valence-electron chi connectivity index (χ2n) is 13.3. The molecule has 15 nitrogen and oxygen atoms in total. The van der Waals surface area contributed by atoms with Gasteiger partial charge in [-0.15, -0.1) is 0 Å². The van der Waals surface area contributed by atoms with E-state index in [2.05, 4.69) is 38.8 Å². The van der Waals surface area contributed by atoms with Gasteiger partial charge in [0, 0.05) is 63.9 Å². The summed E-state index contributed by atoms with van der Waals surface area (Å²) < 4.78 is 34.7. The number of rotatable bonds is 29. The lowest BCUT2D eigenvalue weighted by Crippen LogP contribution is -2.51. The Morgan fingerprint density at radius 3 is 1.56 bits per heavy atom. The van der Waals surface area contributed by atoms with Gasteiger partial charge in [0.05, 0.1) is 25.9 Å². The normalized spacial score (nSPS) is 18.1. The Labute approximate surface area is 315 Å². The van der Waals surface area contributed by atoms with Crippen molar-refractivity contribution in [3.05, 3.63) is 0 Å². The van der Waals surface area contributed by atoms with E-state index in [1.54, 1.807) is 13.8 Å². The molecule has 3 unspecified atom stereocenters. The Bertz CT molecular complexity index is 1110. The van der Waals surface area contributed by atoms with Crippen LogP contribution in [0.1, 0.15) is 105 Å². The van der Waals surface area contributed by atoms with Crippen LogP contribution in [0.25, 0.3) is 0 Å². The fraction of sp³-hybridized carbons (Fsp3) is 0.857. The molecule has 1 rings (SSSR count). The molecule has 0 aliphatic heterocycles. The summed E-state index contributed by atoms with van der Waals surface area (Å²) in [5.74, 6) is -2.38. The topological polar surface area (TPSA) is 199 Å². The molecule has 0 spiro atoms. The second-order valence-corrected chi connectivity index (χ2v) is 17.3. The van der Waals surface area contributed by atoms with Gasteiger partial charge in [-0.25, -0.2) is 0 Å². The summed E-state index contributed by atoms with van der Waals surface area (Å²) in [6.07, 6.45) is 4.19. The molecular formula is C35H66N5O10PS. The lowest BCUT2D eigenvalue weighted by Gasteiger charge is -2.31. The third-order valence-corrected chi connectivity index (χ3v) is 11.9. The van der Waals surface area contributed by atoms with E-state index in [1.807, 2.05) is 20.8 Å². The molecule has 0 aromatic heterocycles. The zero-order valence-electron chi connectivity index (χ0n) is 32.0. The van der Waals surface area contributed by atoms with Crippen LogP contribution in [0.3, 0.4) is 0 Å². The van der Waals surface area contributed by atoms with E-state index in [9.17, 15) is 28.5 Å². The van der Waals surface area contributed by atoms with Gasteiger partial charge in [-0.2, -0.15) is 0 Å². The van der Waals surface area contributed by atoms with Crippen molar-refractivity contribution in [3.8, 4) is 0 Å². The number of hydrogen-bond acceptors (Lipinski definition) is 10. The second kappa shape index (κ2) is 28.2. The molecule has 0 bridgehead atoms. The first kappa shape index (κ1) is 47.8. The zero-order valence-corrected chi connectivity index (χ0v) is 33.8. The molecule has 52 heavy (non-hydrogen) atoms. The molecule has 1 saturated carbocycles. The Hall–Kier alpha value is -2.23. The van der Waals surface area contributed by atoms with Crippen LogP contribution >= 0.6 is 18.8 Å². The minimum absolute atomic E-state index is 0.00400. The van der Waals surface area contributed by atoms with Gasteiger partial charge in [-0.05, 0) is 57.8 Å². The number of amides is 5. The summed E-state index contributed by atoms with van der Waals surface area (Å²) in [6.45, 7) is 9.98. The smallest absolute Gasteiger partial charge is 0.257 e. The van der Waals surface area contributed by atoms with Crippen LogP contribution in [0.4, 0.5) is 0 Å². The van der Waals surface area contributed by atoms with Crippen molar-refractivity contribution in [1.29, 1.82) is 0 Å². The van der Waals surface area contributed by atoms with Crippen molar-refractivity contribution >= 4 is 48.4 Å². The van der Waals surface area contributed by atoms with Crippen molar-refractivity contribution in [2.75, 3.05) is 59.3 Å². The molecule has 0 saturated heterocycles. The van der Waals surface area contributed by atoms with Crippen LogP contribution in [0.15, 0.2) is 0 Å². The van der Waals surface area contributed by atoms with Gasteiger partial charge >= 0.3 is 0 Å². The number of carbonyl (C=O) groups excluding carboxylic acids is 5. The van der Waals surface area contributed by atoms with Gasteiger partial charge in [-0.3, -0.25) is 28.5 Å². The van der Waals surface area contributed by atoms with E-state index >= 15 is 0 Å². The molecule has 5 amide bonds. The molecular weight excluding hydrogens is 713 g/mol. The minimum Gasteiger partial charge on any atom is -0.380 e. The quantitative estimate of drug-likeness (QED) is 0.0372. The number of hydrogen-bond donors (Lipinski definition) is 6. The predicted octanol–water partition coefficient (Wildman–Crippen LogP) is 3.25. The van der Waals surface area contributed by atoms with Gasteiger partial charge in [0.2, 0.25) is 29.5 Å². The summed E-state index contributed by atoms with van der Waals surface area (Å²) in [5, 5.41) is 13.8. The molecule has 3 atom stereocenters. The van der Waals surface area contributed by atoms with E-state index in [0.29, 0.717) is 71.9 Å². The lowest BCUT2D eigenvalue weighted by molar-refractivity contribution is -0.133. The molecule has 0 aromatic carbocycles. The number of nitrogens with one attached hydrogen (secondary N) is 5. The average Bonchev–Trinajstić information content (AvgIpc) is 3.11. The highest BCUT2D eigenvalue weighted by atomic mass is 32.7. The maximum Gasteiger partial charge on any atom is 0.257 e. The third-order valence-electron chi connectivity index (χ3n) is 8.31. The Balaban J connectivity index is 2.86. The monoisotopic (exact) mass is 779 g/mol. The van der Waals surface area contributed by atoms with Gasteiger partial charge in [-0.1, -0.05) is 46.9 Å². The highest BCUT2D eigenvalue weighted by Gasteiger charge is 2.34. The van der Waals surface area contributed by atoms with Crippen LogP contribution in [0.5, 0.6) is 0 Å². The van der Waals surface area contributed by atoms with E-state index in [0.717, 1.165) is 19.3 Å². The molecule has 5 N–H and O–H groups in total. The van der Waals surface area contributed by atoms with Gasteiger partial charge < -0.3 is 45.3 Å².